The van der Waals surface area contributed by atoms with Gasteiger partial charge >= 0.3 is 0 Å². The molecule has 1 N–H and O–H groups in total. The van der Waals surface area contributed by atoms with Crippen LogP contribution in [0, 0.1) is 0 Å². The molecule has 8 nitrogen and oxygen atoms in total. The fourth-order valence-electron chi connectivity index (χ4n) is 2.97. The Morgan fingerprint density at radius 1 is 0.968 bits per heavy atom. The summed E-state index contributed by atoms with van der Waals surface area (Å²) in [5.41, 5.74) is 1.17. The summed E-state index contributed by atoms with van der Waals surface area (Å²) >= 11 is 0. The Hall–Kier alpha value is -3.04. The van der Waals surface area contributed by atoms with Crippen molar-refractivity contribution in [2.75, 3.05) is 39.7 Å². The molecule has 9 heteroatoms. The summed E-state index contributed by atoms with van der Waals surface area (Å²) < 4.78 is 42.3. The molecule has 2 aromatic rings. The maximum atomic E-state index is 12.5. The monoisotopic (exact) mass is 448 g/mol. The molecule has 0 saturated heterocycles. The number of ether oxygens (including phenoxy) is 3. The lowest BCUT2D eigenvalue weighted by molar-refractivity contribution is -0.111. The van der Waals surface area contributed by atoms with Gasteiger partial charge in [-0.2, -0.15) is 4.31 Å². The Labute approximate surface area is 183 Å². The van der Waals surface area contributed by atoms with Gasteiger partial charge in [-0.15, -0.1) is 0 Å². The number of rotatable bonds is 10. The molecule has 0 atom stereocenters. The van der Waals surface area contributed by atoms with Crippen LogP contribution in [0.3, 0.4) is 0 Å². The van der Waals surface area contributed by atoms with Crippen LogP contribution in [-0.4, -0.2) is 53.0 Å². The van der Waals surface area contributed by atoms with Crippen molar-refractivity contribution in [1.82, 2.24) is 4.31 Å². The summed E-state index contributed by atoms with van der Waals surface area (Å²) in [6.07, 6.45) is 2.96. The third-order valence-electron chi connectivity index (χ3n) is 4.58. The average Bonchev–Trinajstić information content (AvgIpc) is 2.77. The van der Waals surface area contributed by atoms with E-state index in [1.807, 2.05) is 0 Å². The first-order chi connectivity index (χ1) is 14.8. The van der Waals surface area contributed by atoms with E-state index in [-0.39, 0.29) is 10.8 Å². The fourth-order valence-corrected chi connectivity index (χ4v) is 4.43. The van der Waals surface area contributed by atoms with Gasteiger partial charge in [0, 0.05) is 37.0 Å². The summed E-state index contributed by atoms with van der Waals surface area (Å²) in [5.74, 6) is 0.907. The van der Waals surface area contributed by atoms with Gasteiger partial charge in [0.1, 0.15) is 0 Å². The van der Waals surface area contributed by atoms with Crippen LogP contribution < -0.4 is 19.5 Å². The predicted octanol–water partition coefficient (Wildman–Crippen LogP) is 3.39. The van der Waals surface area contributed by atoms with Crippen molar-refractivity contribution in [2.45, 2.75) is 18.7 Å². The van der Waals surface area contributed by atoms with Crippen molar-refractivity contribution in [2.24, 2.45) is 0 Å². The van der Waals surface area contributed by atoms with Crippen LogP contribution in [0.2, 0.25) is 0 Å². The van der Waals surface area contributed by atoms with Gasteiger partial charge in [-0.25, -0.2) is 8.42 Å². The van der Waals surface area contributed by atoms with Gasteiger partial charge < -0.3 is 19.5 Å². The summed E-state index contributed by atoms with van der Waals surface area (Å²) in [5, 5.41) is 2.73. The zero-order valence-electron chi connectivity index (χ0n) is 18.3. The first-order valence-electron chi connectivity index (χ1n) is 9.69. The van der Waals surface area contributed by atoms with Gasteiger partial charge in [-0.3, -0.25) is 4.79 Å². The molecule has 2 rings (SSSR count). The number of amides is 1. The number of anilines is 1. The van der Waals surface area contributed by atoms with E-state index < -0.39 is 10.0 Å². The lowest BCUT2D eigenvalue weighted by atomic mass is 10.2. The van der Waals surface area contributed by atoms with E-state index in [1.54, 1.807) is 44.2 Å². The quantitative estimate of drug-likeness (QED) is 0.560. The number of methoxy groups -OCH3 is 3. The zero-order valence-corrected chi connectivity index (χ0v) is 19.2. The molecule has 0 aliphatic heterocycles. The fraction of sp³-hybridized carbons (Fsp3) is 0.318. The van der Waals surface area contributed by atoms with Gasteiger partial charge in [0.2, 0.25) is 21.7 Å². The SMILES string of the molecule is CCN(CC)S(=O)(=O)c1ccc(/C=C/C(=O)Nc2cc(OC)c(OC)c(OC)c2)cc1. The molecule has 0 bridgehead atoms. The third kappa shape index (κ3) is 5.77. The normalized spacial score (nSPS) is 11.5. The molecule has 0 fully saturated rings. The highest BCUT2D eigenvalue weighted by Gasteiger charge is 2.21. The second-order valence-corrected chi connectivity index (χ2v) is 8.33. The molecule has 31 heavy (non-hydrogen) atoms. The van der Waals surface area contributed by atoms with E-state index in [0.717, 1.165) is 0 Å². The van der Waals surface area contributed by atoms with Gasteiger partial charge in [-0.1, -0.05) is 26.0 Å². The molecule has 0 aliphatic carbocycles. The molecule has 0 aliphatic rings. The van der Waals surface area contributed by atoms with Crippen LogP contribution in [0.4, 0.5) is 5.69 Å². The second-order valence-electron chi connectivity index (χ2n) is 6.39. The first-order valence-corrected chi connectivity index (χ1v) is 11.1. The number of sulfonamides is 1. The Morgan fingerprint density at radius 3 is 1.97 bits per heavy atom. The molecule has 2 aromatic carbocycles. The van der Waals surface area contributed by atoms with Crippen LogP contribution in [0.1, 0.15) is 19.4 Å². The summed E-state index contributed by atoms with van der Waals surface area (Å²) in [6, 6.07) is 9.62. The molecule has 0 spiro atoms. The van der Waals surface area contributed by atoms with E-state index in [2.05, 4.69) is 5.32 Å². The first kappa shape index (κ1) is 24.2. The maximum Gasteiger partial charge on any atom is 0.248 e. The minimum absolute atomic E-state index is 0.218. The summed E-state index contributed by atoms with van der Waals surface area (Å²) in [6.45, 7) is 4.40. The standard InChI is InChI=1S/C22H28N2O6S/c1-6-24(7-2)31(26,27)18-11-8-16(9-12-18)10-13-21(25)23-17-14-19(28-3)22(30-5)20(15-17)29-4/h8-15H,6-7H2,1-5H3,(H,23,25)/b13-10+. The Morgan fingerprint density at radius 2 is 1.52 bits per heavy atom. The highest BCUT2D eigenvalue weighted by atomic mass is 32.2. The average molecular weight is 449 g/mol. The van der Waals surface area contributed by atoms with Gasteiger partial charge in [0.05, 0.1) is 26.2 Å². The molecular weight excluding hydrogens is 420 g/mol. The minimum atomic E-state index is -3.51. The van der Waals surface area contributed by atoms with Crippen LogP contribution in [0.5, 0.6) is 17.2 Å². The van der Waals surface area contributed by atoms with Crippen molar-refractivity contribution in [1.29, 1.82) is 0 Å². The van der Waals surface area contributed by atoms with Crippen LogP contribution in [0.15, 0.2) is 47.4 Å². The van der Waals surface area contributed by atoms with Crippen molar-refractivity contribution < 1.29 is 27.4 Å². The molecule has 0 heterocycles. The Bertz CT molecular complexity index is 1000. The van der Waals surface area contributed by atoms with Crippen molar-refractivity contribution >= 4 is 27.7 Å². The maximum absolute atomic E-state index is 12.5. The highest BCUT2D eigenvalue weighted by molar-refractivity contribution is 7.89. The molecule has 0 radical (unpaired) electrons. The second kappa shape index (κ2) is 10.8. The number of hydrogen-bond donors (Lipinski definition) is 1. The van der Waals surface area contributed by atoms with Crippen LogP contribution >= 0.6 is 0 Å². The highest BCUT2D eigenvalue weighted by Crippen LogP contribution is 2.39. The van der Waals surface area contributed by atoms with Crippen LogP contribution in [-0.2, 0) is 14.8 Å². The van der Waals surface area contributed by atoms with E-state index in [4.69, 9.17) is 14.2 Å². The summed E-state index contributed by atoms with van der Waals surface area (Å²) in [7, 11) is 0.973. The van der Waals surface area contributed by atoms with Gasteiger partial charge in [-0.05, 0) is 23.8 Å². The van der Waals surface area contributed by atoms with E-state index in [0.29, 0.717) is 41.6 Å². The largest absolute Gasteiger partial charge is 0.493 e. The lowest BCUT2D eigenvalue weighted by Gasteiger charge is -2.18. The number of nitrogens with zero attached hydrogens (tertiary/aromatic N) is 1. The summed E-state index contributed by atoms with van der Waals surface area (Å²) in [4.78, 5) is 12.5. The third-order valence-corrected chi connectivity index (χ3v) is 6.65. The van der Waals surface area contributed by atoms with Crippen molar-refractivity contribution in [3.05, 3.63) is 48.0 Å². The van der Waals surface area contributed by atoms with E-state index >= 15 is 0 Å². The molecule has 0 aromatic heterocycles. The predicted molar refractivity (Wildman–Crippen MR) is 120 cm³/mol. The molecule has 168 valence electrons. The van der Waals surface area contributed by atoms with Gasteiger partial charge in [0.25, 0.3) is 0 Å². The van der Waals surface area contributed by atoms with Crippen LogP contribution in [0.25, 0.3) is 6.08 Å². The molecule has 1 amide bonds. The number of hydrogen-bond acceptors (Lipinski definition) is 6. The van der Waals surface area contributed by atoms with Crippen molar-refractivity contribution in [3.63, 3.8) is 0 Å². The molecule has 0 unspecified atom stereocenters. The Balaban J connectivity index is 2.14. The van der Waals surface area contributed by atoms with Crippen molar-refractivity contribution in [3.8, 4) is 17.2 Å². The van der Waals surface area contributed by atoms with E-state index in [1.165, 1.54) is 43.8 Å². The number of carbonyl (C=O) groups is 1. The lowest BCUT2D eigenvalue weighted by Crippen LogP contribution is -2.30. The van der Waals surface area contributed by atoms with Gasteiger partial charge in [0.15, 0.2) is 11.5 Å². The molecular formula is C22H28N2O6S. The number of benzene rings is 2. The topological polar surface area (TPSA) is 94.2 Å². The number of nitrogens with one attached hydrogen (secondary N) is 1. The minimum Gasteiger partial charge on any atom is -0.493 e. The Kier molecular flexibility index (Phi) is 8.47. The zero-order chi connectivity index (χ0) is 23.0. The molecule has 0 saturated carbocycles. The number of carbonyl (C=O) groups excluding carboxylic acids is 1. The smallest absolute Gasteiger partial charge is 0.248 e. The van der Waals surface area contributed by atoms with E-state index in [9.17, 15) is 13.2 Å².